The molecule has 126 valence electrons. The molecule has 0 unspecified atom stereocenters. The van der Waals surface area contributed by atoms with E-state index in [0.717, 1.165) is 12.8 Å². The molecule has 1 fully saturated rings. The van der Waals surface area contributed by atoms with Crippen LogP contribution in [0.1, 0.15) is 47.9 Å². The standard InChI is InChI=1S/C17H19N3O4/c1-10(15-18-11(2)19-24-15)23-17(22)13-6-4-5-7-14(13)20(3)16(21)12-8-9-12/h4-7,10,12H,8-9H2,1-3H3/t10-/m0/s1. The molecule has 1 aromatic heterocycles. The van der Waals surface area contributed by atoms with Crippen molar-refractivity contribution in [1.29, 1.82) is 0 Å². The third kappa shape index (κ3) is 3.29. The molecular weight excluding hydrogens is 310 g/mol. The van der Waals surface area contributed by atoms with Crippen LogP contribution in [0.3, 0.4) is 0 Å². The molecule has 1 atom stereocenters. The lowest BCUT2D eigenvalue weighted by Gasteiger charge is -2.20. The van der Waals surface area contributed by atoms with Gasteiger partial charge in [-0.15, -0.1) is 0 Å². The van der Waals surface area contributed by atoms with Crippen molar-refractivity contribution >= 4 is 17.6 Å². The molecule has 7 nitrogen and oxygen atoms in total. The minimum atomic E-state index is -0.670. The van der Waals surface area contributed by atoms with Gasteiger partial charge in [-0.25, -0.2) is 4.79 Å². The predicted molar refractivity (Wildman–Crippen MR) is 85.4 cm³/mol. The minimum absolute atomic E-state index is 0.0239. The number of ether oxygens (including phenoxy) is 1. The van der Waals surface area contributed by atoms with E-state index in [-0.39, 0.29) is 17.7 Å². The molecule has 0 aliphatic heterocycles. The Labute approximate surface area is 139 Å². The monoisotopic (exact) mass is 329 g/mol. The first-order valence-electron chi connectivity index (χ1n) is 7.85. The maximum atomic E-state index is 12.5. The third-order valence-electron chi connectivity index (χ3n) is 3.92. The van der Waals surface area contributed by atoms with E-state index in [1.807, 2.05) is 0 Å². The van der Waals surface area contributed by atoms with Gasteiger partial charge in [0.05, 0.1) is 11.3 Å². The number of aryl methyl sites for hydroxylation is 1. The molecule has 0 spiro atoms. The van der Waals surface area contributed by atoms with Crippen molar-refractivity contribution in [2.45, 2.75) is 32.8 Å². The van der Waals surface area contributed by atoms with Crippen LogP contribution in [-0.4, -0.2) is 29.1 Å². The average molecular weight is 329 g/mol. The molecule has 1 aliphatic rings. The largest absolute Gasteiger partial charge is 0.449 e. The fourth-order valence-corrected chi connectivity index (χ4v) is 2.41. The summed E-state index contributed by atoms with van der Waals surface area (Å²) >= 11 is 0. The number of para-hydroxylation sites is 1. The van der Waals surface area contributed by atoms with Gasteiger partial charge in [-0.2, -0.15) is 4.98 Å². The van der Waals surface area contributed by atoms with E-state index in [1.165, 1.54) is 4.90 Å². The summed E-state index contributed by atoms with van der Waals surface area (Å²) in [6.07, 6.45) is 1.14. The van der Waals surface area contributed by atoms with Crippen molar-refractivity contribution in [1.82, 2.24) is 10.1 Å². The zero-order chi connectivity index (χ0) is 17.3. The van der Waals surface area contributed by atoms with E-state index in [1.54, 1.807) is 45.2 Å². The maximum absolute atomic E-state index is 12.5. The molecule has 1 aromatic carbocycles. The maximum Gasteiger partial charge on any atom is 0.341 e. The molecule has 3 rings (SSSR count). The molecule has 7 heteroatoms. The van der Waals surface area contributed by atoms with Crippen LogP contribution in [0.2, 0.25) is 0 Å². The van der Waals surface area contributed by atoms with Crippen LogP contribution >= 0.6 is 0 Å². The van der Waals surface area contributed by atoms with Crippen molar-refractivity contribution in [2.75, 3.05) is 11.9 Å². The molecule has 0 radical (unpaired) electrons. The Morgan fingerprint density at radius 3 is 2.67 bits per heavy atom. The lowest BCUT2D eigenvalue weighted by atomic mass is 10.1. The summed E-state index contributed by atoms with van der Waals surface area (Å²) < 4.78 is 10.4. The number of carbonyl (C=O) groups is 2. The first-order valence-corrected chi connectivity index (χ1v) is 7.85. The number of hydrogen-bond donors (Lipinski definition) is 0. The quantitative estimate of drug-likeness (QED) is 0.784. The number of benzene rings is 1. The molecule has 1 amide bonds. The summed E-state index contributed by atoms with van der Waals surface area (Å²) in [7, 11) is 1.68. The van der Waals surface area contributed by atoms with Crippen LogP contribution in [0.15, 0.2) is 28.8 Å². The minimum Gasteiger partial charge on any atom is -0.449 e. The lowest BCUT2D eigenvalue weighted by molar-refractivity contribution is -0.119. The first-order chi connectivity index (χ1) is 11.5. The van der Waals surface area contributed by atoms with Crippen molar-refractivity contribution in [2.24, 2.45) is 5.92 Å². The SMILES string of the molecule is Cc1noc([C@H](C)OC(=O)c2ccccc2N(C)C(=O)C2CC2)n1. The predicted octanol–water partition coefficient (Wildman–Crippen LogP) is 2.67. The Morgan fingerprint density at radius 1 is 1.33 bits per heavy atom. The fourth-order valence-electron chi connectivity index (χ4n) is 2.41. The van der Waals surface area contributed by atoms with E-state index in [9.17, 15) is 9.59 Å². The van der Waals surface area contributed by atoms with Crippen molar-refractivity contribution in [3.05, 3.63) is 41.5 Å². The second kappa shape index (κ2) is 6.43. The Balaban J connectivity index is 1.78. The average Bonchev–Trinajstić information content (AvgIpc) is 3.34. The molecule has 1 aliphatic carbocycles. The van der Waals surface area contributed by atoms with Gasteiger partial charge < -0.3 is 14.2 Å². The zero-order valence-corrected chi connectivity index (χ0v) is 13.9. The molecule has 1 saturated carbocycles. The van der Waals surface area contributed by atoms with E-state index in [0.29, 0.717) is 17.1 Å². The number of amides is 1. The molecule has 0 bridgehead atoms. The number of nitrogens with zero attached hydrogens (tertiary/aromatic N) is 3. The first kappa shape index (κ1) is 16.2. The highest BCUT2D eigenvalue weighted by molar-refractivity contribution is 6.03. The van der Waals surface area contributed by atoms with Gasteiger partial charge in [-0.3, -0.25) is 4.79 Å². The second-order valence-electron chi connectivity index (χ2n) is 5.92. The second-order valence-corrected chi connectivity index (χ2v) is 5.92. The van der Waals surface area contributed by atoms with Gasteiger partial charge in [0.25, 0.3) is 5.89 Å². The number of aromatic nitrogens is 2. The van der Waals surface area contributed by atoms with Crippen LogP contribution in [-0.2, 0) is 9.53 Å². The normalized spacial score (nSPS) is 15.0. The Hall–Kier alpha value is -2.70. The van der Waals surface area contributed by atoms with Crippen LogP contribution in [0.5, 0.6) is 0 Å². The van der Waals surface area contributed by atoms with E-state index >= 15 is 0 Å². The Morgan fingerprint density at radius 2 is 2.04 bits per heavy atom. The Kier molecular flexibility index (Phi) is 4.33. The summed E-state index contributed by atoms with van der Waals surface area (Å²) in [5, 5.41) is 3.68. The summed E-state index contributed by atoms with van der Waals surface area (Å²) in [5.41, 5.74) is 0.866. The third-order valence-corrected chi connectivity index (χ3v) is 3.92. The van der Waals surface area contributed by atoms with Crippen LogP contribution in [0, 0.1) is 12.8 Å². The molecule has 0 saturated heterocycles. The highest BCUT2D eigenvalue weighted by Crippen LogP contribution is 2.33. The lowest BCUT2D eigenvalue weighted by Crippen LogP contribution is -2.29. The van der Waals surface area contributed by atoms with Crippen LogP contribution in [0.25, 0.3) is 0 Å². The summed E-state index contributed by atoms with van der Waals surface area (Å²) in [4.78, 5) is 30.4. The van der Waals surface area contributed by atoms with Gasteiger partial charge in [0, 0.05) is 13.0 Å². The molecule has 2 aromatic rings. The highest BCUT2D eigenvalue weighted by atomic mass is 16.6. The van der Waals surface area contributed by atoms with Crippen molar-refractivity contribution in [3.8, 4) is 0 Å². The number of esters is 1. The van der Waals surface area contributed by atoms with Gasteiger partial charge in [-0.05, 0) is 38.8 Å². The summed E-state index contributed by atoms with van der Waals surface area (Å²) in [6.45, 7) is 3.35. The molecular formula is C17H19N3O4. The molecule has 1 heterocycles. The van der Waals surface area contributed by atoms with E-state index in [2.05, 4.69) is 10.1 Å². The van der Waals surface area contributed by atoms with Crippen LogP contribution < -0.4 is 4.90 Å². The Bertz CT molecular complexity index is 767. The van der Waals surface area contributed by atoms with E-state index < -0.39 is 12.1 Å². The van der Waals surface area contributed by atoms with Gasteiger partial charge in [0.2, 0.25) is 5.91 Å². The van der Waals surface area contributed by atoms with Crippen molar-refractivity contribution < 1.29 is 18.8 Å². The van der Waals surface area contributed by atoms with Gasteiger partial charge in [-0.1, -0.05) is 17.3 Å². The molecule has 24 heavy (non-hydrogen) atoms. The van der Waals surface area contributed by atoms with Gasteiger partial charge >= 0.3 is 5.97 Å². The number of anilines is 1. The summed E-state index contributed by atoms with van der Waals surface area (Å²) in [6, 6.07) is 6.89. The van der Waals surface area contributed by atoms with Crippen molar-refractivity contribution in [3.63, 3.8) is 0 Å². The number of carbonyl (C=O) groups excluding carboxylic acids is 2. The zero-order valence-electron chi connectivity index (χ0n) is 13.9. The van der Waals surface area contributed by atoms with Gasteiger partial charge in [0.1, 0.15) is 0 Å². The fraction of sp³-hybridized carbons (Fsp3) is 0.412. The van der Waals surface area contributed by atoms with Gasteiger partial charge in [0.15, 0.2) is 11.9 Å². The smallest absolute Gasteiger partial charge is 0.341 e. The van der Waals surface area contributed by atoms with Crippen LogP contribution in [0.4, 0.5) is 5.69 Å². The number of hydrogen-bond acceptors (Lipinski definition) is 6. The summed E-state index contributed by atoms with van der Waals surface area (Å²) in [5.74, 6) is 0.267. The van der Waals surface area contributed by atoms with E-state index in [4.69, 9.17) is 9.26 Å². The number of rotatable bonds is 5. The topological polar surface area (TPSA) is 85.5 Å². The molecule has 0 N–H and O–H groups in total. The highest BCUT2D eigenvalue weighted by Gasteiger charge is 2.33.